The van der Waals surface area contributed by atoms with Crippen LogP contribution in [0.3, 0.4) is 0 Å². The van der Waals surface area contributed by atoms with Crippen LogP contribution in [0.1, 0.15) is 23.7 Å². The molecule has 2 aromatic rings. The largest absolute Gasteiger partial charge is 0.502 e. The Bertz CT molecular complexity index is 901. The first kappa shape index (κ1) is 18.7. The molecule has 0 fully saturated rings. The zero-order valence-corrected chi connectivity index (χ0v) is 14.3. The fourth-order valence-electron chi connectivity index (χ4n) is 2.29. The number of aliphatic hydroxyl groups excluding tert-OH is 1. The van der Waals surface area contributed by atoms with Crippen LogP contribution in [-0.4, -0.2) is 28.0 Å². The summed E-state index contributed by atoms with van der Waals surface area (Å²) in [6.45, 7) is 2.19. The zero-order chi connectivity index (χ0) is 18.9. The van der Waals surface area contributed by atoms with Crippen molar-refractivity contribution in [2.75, 3.05) is 6.61 Å². The molecule has 0 radical (unpaired) electrons. The van der Waals surface area contributed by atoms with E-state index in [1.807, 2.05) is 35.0 Å². The summed E-state index contributed by atoms with van der Waals surface area (Å²) in [6.07, 6.45) is 5.47. The van der Waals surface area contributed by atoms with Gasteiger partial charge in [-0.1, -0.05) is 18.2 Å². The van der Waals surface area contributed by atoms with Crippen molar-refractivity contribution in [3.05, 3.63) is 77.3 Å². The summed E-state index contributed by atoms with van der Waals surface area (Å²) in [5.74, 6) is -2.22. The Morgan fingerprint density at radius 1 is 1.27 bits per heavy atom. The maximum Gasteiger partial charge on any atom is 0.373 e. The third kappa shape index (κ3) is 4.95. The molecule has 1 aromatic carbocycles. The summed E-state index contributed by atoms with van der Waals surface area (Å²) in [5, 5.41) is 18.7. The molecular weight excluding hydrogens is 332 g/mol. The van der Waals surface area contributed by atoms with E-state index >= 15 is 0 Å². The number of nitrogens with zero attached hydrogens (tertiary/aromatic N) is 2. The van der Waals surface area contributed by atoms with Gasteiger partial charge in [0.25, 0.3) is 0 Å². The molecule has 0 saturated carbocycles. The molecule has 6 heteroatoms. The van der Waals surface area contributed by atoms with Crippen molar-refractivity contribution in [2.24, 2.45) is 0 Å². The van der Waals surface area contributed by atoms with E-state index in [2.05, 4.69) is 10.8 Å². The van der Waals surface area contributed by atoms with E-state index in [4.69, 9.17) is 0 Å². The number of ether oxygens (including phenoxy) is 1. The first-order chi connectivity index (χ1) is 12.5. The van der Waals surface area contributed by atoms with Crippen LogP contribution in [0.2, 0.25) is 0 Å². The minimum absolute atomic E-state index is 0.110. The van der Waals surface area contributed by atoms with E-state index in [-0.39, 0.29) is 6.61 Å². The van der Waals surface area contributed by atoms with Crippen molar-refractivity contribution in [1.82, 2.24) is 4.57 Å². The van der Waals surface area contributed by atoms with Gasteiger partial charge in [0.15, 0.2) is 5.78 Å². The van der Waals surface area contributed by atoms with Gasteiger partial charge >= 0.3 is 5.97 Å². The molecular formula is C20H18N2O4. The molecule has 0 spiro atoms. The van der Waals surface area contributed by atoms with Crippen molar-refractivity contribution in [3.8, 4) is 6.07 Å². The second kappa shape index (κ2) is 9.04. The van der Waals surface area contributed by atoms with Gasteiger partial charge < -0.3 is 14.4 Å². The monoisotopic (exact) mass is 350 g/mol. The van der Waals surface area contributed by atoms with Gasteiger partial charge in [-0.2, -0.15) is 5.26 Å². The molecule has 0 bridgehead atoms. The van der Waals surface area contributed by atoms with Crippen LogP contribution in [0.25, 0.3) is 6.08 Å². The topological polar surface area (TPSA) is 92.3 Å². The molecule has 0 aliphatic rings. The van der Waals surface area contributed by atoms with E-state index in [0.29, 0.717) is 12.1 Å². The van der Waals surface area contributed by atoms with E-state index in [9.17, 15) is 20.0 Å². The molecule has 0 unspecified atom stereocenters. The number of ketones is 1. The molecule has 1 heterocycles. The Hall–Kier alpha value is -3.59. The first-order valence-electron chi connectivity index (χ1n) is 7.98. The molecule has 26 heavy (non-hydrogen) atoms. The Morgan fingerprint density at radius 2 is 2.04 bits per heavy atom. The van der Waals surface area contributed by atoms with Gasteiger partial charge in [0.2, 0.25) is 5.76 Å². The lowest BCUT2D eigenvalue weighted by molar-refractivity contribution is -0.141. The van der Waals surface area contributed by atoms with E-state index in [1.165, 1.54) is 6.08 Å². The second-order valence-electron chi connectivity index (χ2n) is 5.32. The quantitative estimate of drug-likeness (QED) is 0.471. The molecule has 1 N–H and O–H groups in total. The van der Waals surface area contributed by atoms with Gasteiger partial charge in [-0.3, -0.25) is 4.79 Å². The lowest BCUT2D eigenvalue weighted by Crippen LogP contribution is -2.08. The van der Waals surface area contributed by atoms with Crippen LogP contribution >= 0.6 is 0 Å². The number of hydrogen-bond donors (Lipinski definition) is 1. The number of hydrogen-bond acceptors (Lipinski definition) is 5. The van der Waals surface area contributed by atoms with Crippen molar-refractivity contribution in [3.63, 3.8) is 0 Å². The molecule has 6 nitrogen and oxygen atoms in total. The minimum atomic E-state index is -0.939. The number of esters is 1. The summed E-state index contributed by atoms with van der Waals surface area (Å²) in [4.78, 5) is 23.1. The molecule has 0 saturated heterocycles. The van der Waals surface area contributed by atoms with Gasteiger partial charge in [-0.25, -0.2) is 4.79 Å². The van der Waals surface area contributed by atoms with E-state index in [0.717, 1.165) is 17.3 Å². The van der Waals surface area contributed by atoms with Crippen molar-refractivity contribution in [1.29, 1.82) is 5.26 Å². The van der Waals surface area contributed by atoms with E-state index in [1.54, 1.807) is 25.1 Å². The van der Waals surface area contributed by atoms with Gasteiger partial charge in [0, 0.05) is 24.5 Å². The highest BCUT2D eigenvalue weighted by atomic mass is 16.5. The smallest absolute Gasteiger partial charge is 0.373 e. The van der Waals surface area contributed by atoms with Gasteiger partial charge in [-0.05, 0) is 42.8 Å². The molecule has 0 amide bonds. The third-order valence-electron chi connectivity index (χ3n) is 3.53. The van der Waals surface area contributed by atoms with Crippen LogP contribution in [0, 0.1) is 11.3 Å². The van der Waals surface area contributed by atoms with Crippen molar-refractivity contribution in [2.45, 2.75) is 13.5 Å². The Labute approximate surface area is 151 Å². The maximum atomic E-state index is 11.8. The van der Waals surface area contributed by atoms with Gasteiger partial charge in [0.05, 0.1) is 18.2 Å². The normalized spacial score (nSPS) is 11.3. The highest BCUT2D eigenvalue weighted by molar-refractivity contribution is 6.05. The van der Waals surface area contributed by atoms with Crippen LogP contribution in [-0.2, 0) is 20.9 Å². The van der Waals surface area contributed by atoms with Crippen LogP contribution in [0.5, 0.6) is 0 Å². The van der Waals surface area contributed by atoms with Crippen LogP contribution in [0.15, 0.2) is 60.5 Å². The molecule has 0 aliphatic carbocycles. The van der Waals surface area contributed by atoms with Crippen LogP contribution in [0.4, 0.5) is 0 Å². The Balaban J connectivity index is 2.12. The standard InChI is InChI=1S/C20H18N2O4/c1-2-26-20(25)19(24)12-18(23)10-9-17-8-5-11-22(17)14-16-7-4-3-6-15(16)13-21/h3-12,24H,2,14H2,1H3/b10-9+,19-12-. The maximum absolute atomic E-state index is 11.8. The number of aromatic nitrogens is 1. The van der Waals surface area contributed by atoms with Crippen molar-refractivity contribution >= 4 is 17.8 Å². The number of allylic oxidation sites excluding steroid dienone is 2. The fraction of sp³-hybridized carbons (Fsp3) is 0.150. The Kier molecular flexibility index (Phi) is 6.52. The highest BCUT2D eigenvalue weighted by Gasteiger charge is 2.09. The predicted molar refractivity (Wildman–Crippen MR) is 96.1 cm³/mol. The molecule has 1 aromatic heterocycles. The fourth-order valence-corrected chi connectivity index (χ4v) is 2.29. The average Bonchev–Trinajstić information content (AvgIpc) is 3.07. The Morgan fingerprint density at radius 3 is 2.77 bits per heavy atom. The predicted octanol–water partition coefficient (Wildman–Crippen LogP) is 3.00. The highest BCUT2D eigenvalue weighted by Crippen LogP contribution is 2.13. The number of carbonyl (C=O) groups excluding carboxylic acids is 2. The summed E-state index contributed by atoms with van der Waals surface area (Å²) >= 11 is 0. The number of carbonyl (C=O) groups is 2. The van der Waals surface area contributed by atoms with E-state index < -0.39 is 17.5 Å². The zero-order valence-electron chi connectivity index (χ0n) is 14.3. The summed E-state index contributed by atoms with van der Waals surface area (Å²) < 4.78 is 6.48. The molecule has 0 atom stereocenters. The lowest BCUT2D eigenvalue weighted by Gasteiger charge is -2.08. The SMILES string of the molecule is CCOC(=O)/C(O)=C/C(=O)/C=C/c1cccn1Cc1ccccc1C#N. The summed E-state index contributed by atoms with van der Waals surface area (Å²) in [6, 6.07) is 13.1. The molecule has 2 rings (SSSR count). The number of benzene rings is 1. The number of nitriles is 1. The van der Waals surface area contributed by atoms with Crippen molar-refractivity contribution < 1.29 is 19.4 Å². The first-order valence-corrected chi connectivity index (χ1v) is 7.98. The second-order valence-corrected chi connectivity index (χ2v) is 5.32. The molecule has 0 aliphatic heterocycles. The number of rotatable bonds is 7. The summed E-state index contributed by atoms with van der Waals surface area (Å²) in [7, 11) is 0. The molecule has 132 valence electrons. The summed E-state index contributed by atoms with van der Waals surface area (Å²) in [5.41, 5.74) is 2.21. The average molecular weight is 350 g/mol. The van der Waals surface area contributed by atoms with Crippen LogP contribution < -0.4 is 0 Å². The number of aliphatic hydroxyl groups is 1. The van der Waals surface area contributed by atoms with Gasteiger partial charge in [0.1, 0.15) is 0 Å². The third-order valence-corrected chi connectivity index (χ3v) is 3.53. The van der Waals surface area contributed by atoms with Gasteiger partial charge in [-0.15, -0.1) is 0 Å². The minimum Gasteiger partial charge on any atom is -0.502 e. The lowest BCUT2D eigenvalue weighted by atomic mass is 10.1.